The quantitative estimate of drug-likeness (QED) is 0.112. The fraction of sp³-hybridized carbons (Fsp3) is 0.224. The van der Waals surface area contributed by atoms with Gasteiger partial charge in [0.2, 0.25) is 0 Å². The molecule has 7 aromatic carbocycles. The molecule has 0 spiro atoms. The summed E-state index contributed by atoms with van der Waals surface area (Å²) in [6, 6.07) is 52.4. The zero-order valence-electron chi connectivity index (χ0n) is 31.4. The maximum atomic E-state index is 2.48. The lowest BCUT2D eigenvalue weighted by Crippen LogP contribution is -2.15. The van der Waals surface area contributed by atoms with Crippen molar-refractivity contribution in [1.82, 2.24) is 0 Å². The Labute approximate surface area is 305 Å². The summed E-state index contributed by atoms with van der Waals surface area (Å²) in [7, 11) is 0. The third-order valence-corrected chi connectivity index (χ3v) is 10.2. The molecule has 51 heavy (non-hydrogen) atoms. The van der Waals surface area contributed by atoms with Crippen LogP contribution in [-0.2, 0) is 0 Å². The molecule has 256 valence electrons. The van der Waals surface area contributed by atoms with Crippen molar-refractivity contribution in [3.05, 3.63) is 167 Å². The summed E-state index contributed by atoms with van der Waals surface area (Å²) < 4.78 is 0. The lowest BCUT2D eigenvalue weighted by Gasteiger charge is -2.33. The minimum Gasteiger partial charge on any atom is -0.309 e. The van der Waals surface area contributed by atoms with Crippen molar-refractivity contribution in [3.8, 4) is 0 Å². The van der Waals surface area contributed by atoms with Gasteiger partial charge in [-0.3, -0.25) is 0 Å². The Hall–Kier alpha value is -5.34. The standard InChI is InChI=1S/C49H50N2/c1-32(2)37-17-23-40(24-18-37)50(41-25-19-38(20-26-41)33(3)4)48-44-13-9-11-15-46(44)49(47-16-12-10-14-45(47)48)51(43-30-35(7)29-36(8)31-43)42-27-21-39(22-28-42)34(5)6/h9-34H,1-8H3. The number of hydrogen-bond donors (Lipinski definition) is 0. The van der Waals surface area contributed by atoms with Crippen molar-refractivity contribution in [3.63, 3.8) is 0 Å². The van der Waals surface area contributed by atoms with E-state index in [0.29, 0.717) is 17.8 Å². The van der Waals surface area contributed by atoms with E-state index in [9.17, 15) is 0 Å². The van der Waals surface area contributed by atoms with Gasteiger partial charge in [0.05, 0.1) is 11.4 Å². The molecule has 0 aliphatic carbocycles. The zero-order valence-corrected chi connectivity index (χ0v) is 31.4. The van der Waals surface area contributed by atoms with Gasteiger partial charge in [-0.05, 0) is 108 Å². The molecule has 0 atom stereocenters. The average molecular weight is 667 g/mol. The summed E-state index contributed by atoms with van der Waals surface area (Å²) in [5.41, 5.74) is 13.5. The molecule has 0 heterocycles. The molecule has 0 bridgehead atoms. The fourth-order valence-corrected chi connectivity index (χ4v) is 7.48. The Morgan fingerprint density at radius 2 is 0.608 bits per heavy atom. The highest BCUT2D eigenvalue weighted by atomic mass is 15.2. The average Bonchev–Trinajstić information content (AvgIpc) is 3.13. The molecule has 0 saturated heterocycles. The van der Waals surface area contributed by atoms with E-state index in [0.717, 1.165) is 17.1 Å². The normalized spacial score (nSPS) is 11.7. The van der Waals surface area contributed by atoms with Crippen LogP contribution in [0.3, 0.4) is 0 Å². The molecule has 0 aliphatic rings. The lowest BCUT2D eigenvalue weighted by atomic mass is 9.94. The van der Waals surface area contributed by atoms with Gasteiger partial charge < -0.3 is 9.80 Å². The summed E-state index contributed by atoms with van der Waals surface area (Å²) in [4.78, 5) is 4.96. The van der Waals surface area contributed by atoms with E-state index >= 15 is 0 Å². The second kappa shape index (κ2) is 14.1. The van der Waals surface area contributed by atoms with E-state index in [2.05, 4.69) is 205 Å². The monoisotopic (exact) mass is 666 g/mol. The highest BCUT2D eigenvalue weighted by molar-refractivity contribution is 6.23. The van der Waals surface area contributed by atoms with Crippen molar-refractivity contribution in [2.75, 3.05) is 9.80 Å². The molecule has 0 radical (unpaired) electrons. The molecule has 0 aliphatic heterocycles. The first-order valence-electron chi connectivity index (χ1n) is 18.5. The first kappa shape index (κ1) is 34.1. The van der Waals surface area contributed by atoms with Crippen LogP contribution in [0, 0.1) is 13.8 Å². The first-order valence-corrected chi connectivity index (χ1v) is 18.5. The van der Waals surface area contributed by atoms with Crippen LogP contribution < -0.4 is 9.80 Å². The van der Waals surface area contributed by atoms with Crippen LogP contribution >= 0.6 is 0 Å². The number of fused-ring (bicyclic) bond motifs is 2. The molecule has 0 amide bonds. The number of aryl methyl sites for hydroxylation is 2. The molecule has 0 aromatic heterocycles. The minimum atomic E-state index is 0.463. The van der Waals surface area contributed by atoms with E-state index in [1.54, 1.807) is 0 Å². The van der Waals surface area contributed by atoms with Crippen molar-refractivity contribution in [2.24, 2.45) is 0 Å². The Kier molecular flexibility index (Phi) is 9.44. The van der Waals surface area contributed by atoms with Crippen LogP contribution in [-0.4, -0.2) is 0 Å². The molecular formula is C49H50N2. The first-order chi connectivity index (χ1) is 24.6. The molecule has 0 N–H and O–H groups in total. The van der Waals surface area contributed by atoms with E-state index in [1.165, 1.54) is 66.4 Å². The van der Waals surface area contributed by atoms with Crippen LogP contribution in [0.25, 0.3) is 21.5 Å². The highest BCUT2D eigenvalue weighted by Crippen LogP contribution is 2.51. The number of nitrogens with zero attached hydrogens (tertiary/aromatic N) is 2. The van der Waals surface area contributed by atoms with Gasteiger partial charge in [0.15, 0.2) is 0 Å². The predicted octanol–water partition coefficient (Wildman–Crippen LogP) is 14.9. The Balaban J connectivity index is 1.57. The molecule has 7 rings (SSSR count). The maximum absolute atomic E-state index is 2.48. The second-order valence-corrected chi connectivity index (χ2v) is 15.0. The summed E-state index contributed by atoms with van der Waals surface area (Å²) >= 11 is 0. The van der Waals surface area contributed by atoms with Crippen LogP contribution in [0.4, 0.5) is 34.1 Å². The number of rotatable bonds is 9. The molecular weight excluding hydrogens is 617 g/mol. The zero-order chi connectivity index (χ0) is 35.8. The topological polar surface area (TPSA) is 6.48 Å². The van der Waals surface area contributed by atoms with Gasteiger partial charge in [-0.25, -0.2) is 0 Å². The smallest absolute Gasteiger partial charge is 0.0619 e. The Morgan fingerprint density at radius 3 is 0.882 bits per heavy atom. The van der Waals surface area contributed by atoms with E-state index in [4.69, 9.17) is 0 Å². The van der Waals surface area contributed by atoms with E-state index in [-0.39, 0.29) is 0 Å². The van der Waals surface area contributed by atoms with Gasteiger partial charge in [-0.1, -0.05) is 133 Å². The van der Waals surface area contributed by atoms with Gasteiger partial charge in [-0.15, -0.1) is 0 Å². The molecule has 2 heteroatoms. The fourth-order valence-electron chi connectivity index (χ4n) is 7.48. The summed E-state index contributed by atoms with van der Waals surface area (Å²) in [5, 5.41) is 4.84. The summed E-state index contributed by atoms with van der Waals surface area (Å²) in [6.45, 7) is 17.9. The van der Waals surface area contributed by atoms with Crippen LogP contribution in [0.1, 0.15) is 87.1 Å². The van der Waals surface area contributed by atoms with Crippen molar-refractivity contribution in [1.29, 1.82) is 0 Å². The lowest BCUT2D eigenvalue weighted by molar-refractivity contribution is 0.866. The number of anilines is 6. The largest absolute Gasteiger partial charge is 0.309 e. The minimum absolute atomic E-state index is 0.463. The highest BCUT2D eigenvalue weighted by Gasteiger charge is 2.25. The van der Waals surface area contributed by atoms with Gasteiger partial charge in [-0.2, -0.15) is 0 Å². The maximum Gasteiger partial charge on any atom is 0.0619 e. The summed E-state index contributed by atoms with van der Waals surface area (Å²) in [5.74, 6) is 1.39. The Morgan fingerprint density at radius 1 is 0.333 bits per heavy atom. The van der Waals surface area contributed by atoms with Gasteiger partial charge >= 0.3 is 0 Å². The molecule has 0 unspecified atom stereocenters. The van der Waals surface area contributed by atoms with Crippen LogP contribution in [0.5, 0.6) is 0 Å². The Bertz CT molecular complexity index is 2160. The number of hydrogen-bond acceptors (Lipinski definition) is 2. The van der Waals surface area contributed by atoms with Crippen molar-refractivity contribution in [2.45, 2.75) is 73.1 Å². The summed E-state index contributed by atoms with van der Waals surface area (Å²) in [6.07, 6.45) is 0. The van der Waals surface area contributed by atoms with Gasteiger partial charge in [0.25, 0.3) is 0 Å². The van der Waals surface area contributed by atoms with Gasteiger partial charge in [0, 0.05) is 44.3 Å². The third kappa shape index (κ3) is 6.64. The van der Waals surface area contributed by atoms with Crippen LogP contribution in [0.2, 0.25) is 0 Å². The van der Waals surface area contributed by atoms with Crippen molar-refractivity contribution < 1.29 is 0 Å². The predicted molar refractivity (Wildman–Crippen MR) is 223 cm³/mol. The molecule has 0 saturated carbocycles. The SMILES string of the molecule is Cc1cc(C)cc(N(c2ccc(C(C)C)cc2)c2c3ccccc3c(N(c3ccc(C(C)C)cc3)c3ccc(C(C)C)cc3)c3ccccc23)c1. The van der Waals surface area contributed by atoms with Gasteiger partial charge in [0.1, 0.15) is 0 Å². The van der Waals surface area contributed by atoms with Crippen molar-refractivity contribution >= 4 is 55.7 Å². The van der Waals surface area contributed by atoms with E-state index < -0.39 is 0 Å². The second-order valence-electron chi connectivity index (χ2n) is 15.0. The van der Waals surface area contributed by atoms with E-state index in [1.807, 2.05) is 0 Å². The molecule has 2 nitrogen and oxygen atoms in total. The molecule has 0 fully saturated rings. The number of benzene rings is 7. The van der Waals surface area contributed by atoms with Crippen LogP contribution in [0.15, 0.2) is 140 Å². The third-order valence-electron chi connectivity index (χ3n) is 10.2. The molecule has 7 aromatic rings.